The highest BCUT2D eigenvalue weighted by molar-refractivity contribution is 14.1. The summed E-state index contributed by atoms with van der Waals surface area (Å²) in [5.41, 5.74) is 6.89. The topological polar surface area (TPSA) is 96.6 Å². The van der Waals surface area contributed by atoms with Crippen molar-refractivity contribution in [1.82, 2.24) is 10.6 Å². The van der Waals surface area contributed by atoms with Gasteiger partial charge in [-0.3, -0.25) is 4.79 Å². The number of carbonyl (C=O) groups excluding carboxylic acids is 1. The average molecular weight is 390 g/mol. The number of thioether (sulfide) groups is 1. The quantitative estimate of drug-likeness (QED) is 0.418. The van der Waals surface area contributed by atoms with Crippen LogP contribution in [0.2, 0.25) is 0 Å². The number of nitrogens with two attached hydrogens (primary N) is 1. The Kier molecular flexibility index (Phi) is 4.30. The molecule has 1 unspecified atom stereocenters. The van der Waals surface area contributed by atoms with Gasteiger partial charge in [-0.15, -0.1) is 4.91 Å². The van der Waals surface area contributed by atoms with Crippen LogP contribution in [-0.4, -0.2) is 11.4 Å². The van der Waals surface area contributed by atoms with E-state index < -0.39 is 5.50 Å². The van der Waals surface area contributed by atoms with E-state index in [0.29, 0.717) is 22.0 Å². The van der Waals surface area contributed by atoms with E-state index in [0.717, 1.165) is 3.57 Å². The molecule has 1 aromatic rings. The van der Waals surface area contributed by atoms with Gasteiger partial charge in [-0.2, -0.15) is 0 Å². The summed E-state index contributed by atoms with van der Waals surface area (Å²) in [6.45, 7) is 1.73. The van der Waals surface area contributed by atoms with Crippen molar-refractivity contribution >= 4 is 45.9 Å². The lowest BCUT2D eigenvalue weighted by molar-refractivity contribution is 0.0948. The molecule has 0 fully saturated rings. The molecule has 19 heavy (non-hydrogen) atoms. The van der Waals surface area contributed by atoms with Crippen molar-refractivity contribution in [3.63, 3.8) is 0 Å². The summed E-state index contributed by atoms with van der Waals surface area (Å²) in [5, 5.41) is 8.93. The maximum atomic E-state index is 12.1. The summed E-state index contributed by atoms with van der Waals surface area (Å²) in [4.78, 5) is 22.6. The Morgan fingerprint density at radius 3 is 2.89 bits per heavy atom. The maximum absolute atomic E-state index is 12.1. The van der Waals surface area contributed by atoms with E-state index in [-0.39, 0.29) is 5.91 Å². The van der Waals surface area contributed by atoms with E-state index in [4.69, 9.17) is 5.73 Å². The number of nitrogens with zero attached hydrogens (tertiary/aromatic N) is 1. The van der Waals surface area contributed by atoms with Gasteiger partial charge in [0.25, 0.3) is 5.91 Å². The van der Waals surface area contributed by atoms with E-state index in [1.54, 1.807) is 19.1 Å². The lowest BCUT2D eigenvalue weighted by atomic mass is 10.2. The molecule has 1 atom stereocenters. The van der Waals surface area contributed by atoms with Crippen LogP contribution in [0.25, 0.3) is 0 Å². The molecule has 0 saturated carbocycles. The average Bonchev–Trinajstić information content (AvgIpc) is 2.69. The molecule has 1 heterocycles. The minimum atomic E-state index is -0.404. The Hall–Kier alpha value is -1.29. The molecule has 1 aliphatic rings. The molecule has 8 heteroatoms. The van der Waals surface area contributed by atoms with E-state index in [9.17, 15) is 9.70 Å². The molecule has 0 spiro atoms. The van der Waals surface area contributed by atoms with Crippen LogP contribution in [-0.2, 0) is 0 Å². The number of nitrogens with one attached hydrogen (secondary N) is 2. The fourth-order valence-electron chi connectivity index (χ4n) is 1.58. The number of halogens is 1. The van der Waals surface area contributed by atoms with Crippen molar-refractivity contribution in [2.24, 2.45) is 5.18 Å². The number of hydrogen-bond donors (Lipinski definition) is 3. The van der Waals surface area contributed by atoms with Gasteiger partial charge in [-0.25, -0.2) is 0 Å². The minimum absolute atomic E-state index is 0.293. The third-order valence-corrected chi connectivity index (χ3v) is 4.25. The highest BCUT2D eigenvalue weighted by atomic mass is 127. The van der Waals surface area contributed by atoms with Gasteiger partial charge in [0, 0.05) is 15.0 Å². The van der Waals surface area contributed by atoms with Crippen molar-refractivity contribution in [3.8, 4) is 0 Å². The van der Waals surface area contributed by atoms with Crippen LogP contribution in [0.5, 0.6) is 0 Å². The predicted molar refractivity (Wildman–Crippen MR) is 84.0 cm³/mol. The van der Waals surface area contributed by atoms with Crippen LogP contribution >= 0.6 is 34.4 Å². The highest BCUT2D eigenvalue weighted by Crippen LogP contribution is 2.29. The summed E-state index contributed by atoms with van der Waals surface area (Å²) >= 11 is 3.29. The number of anilines is 1. The van der Waals surface area contributed by atoms with Crippen molar-refractivity contribution in [2.75, 3.05) is 5.73 Å². The molecule has 0 aromatic heterocycles. The maximum Gasteiger partial charge on any atom is 0.255 e. The number of rotatable bonds is 3. The second kappa shape index (κ2) is 5.78. The third kappa shape index (κ3) is 3.18. The highest BCUT2D eigenvalue weighted by Gasteiger charge is 2.25. The summed E-state index contributed by atoms with van der Waals surface area (Å²) < 4.78 is 0.963. The normalized spacial score (nSPS) is 18.1. The minimum Gasteiger partial charge on any atom is -0.398 e. The number of allylic oxidation sites excluding steroid dienone is 1. The molecule has 1 aromatic carbocycles. The van der Waals surface area contributed by atoms with Crippen LogP contribution in [0, 0.1) is 8.48 Å². The van der Waals surface area contributed by atoms with Crippen molar-refractivity contribution in [3.05, 3.63) is 43.0 Å². The van der Waals surface area contributed by atoms with Gasteiger partial charge >= 0.3 is 0 Å². The van der Waals surface area contributed by atoms with Crippen molar-refractivity contribution in [1.29, 1.82) is 0 Å². The summed E-state index contributed by atoms with van der Waals surface area (Å²) in [5.74, 6) is -0.293. The number of hydrogen-bond acceptors (Lipinski definition) is 6. The summed E-state index contributed by atoms with van der Waals surface area (Å²) in [7, 11) is 0. The molecule has 1 aliphatic heterocycles. The van der Waals surface area contributed by atoms with Gasteiger partial charge in [0.15, 0.2) is 10.5 Å². The van der Waals surface area contributed by atoms with Gasteiger partial charge in [0.05, 0.1) is 5.56 Å². The van der Waals surface area contributed by atoms with Crippen molar-refractivity contribution in [2.45, 2.75) is 12.4 Å². The van der Waals surface area contributed by atoms with E-state index in [1.807, 2.05) is 6.07 Å². The Morgan fingerprint density at radius 1 is 1.58 bits per heavy atom. The summed E-state index contributed by atoms with van der Waals surface area (Å²) in [6.07, 6.45) is 0. The standard InChI is InChI=1S/C11H11IN4O2S/c1-5-10(16-18)19-11(14-5)15-9(17)7-3-2-6(12)4-8(7)13/h2-4,11,14H,13H2,1H3,(H,15,17). The van der Waals surface area contributed by atoms with E-state index in [1.165, 1.54) is 11.8 Å². The molecular formula is C11H11IN4O2S. The molecule has 1 amide bonds. The SMILES string of the molecule is CC1=C(N=O)SC(NC(=O)c2ccc(I)cc2N)N1. The second-order valence-corrected chi connectivity index (χ2v) is 6.21. The third-order valence-electron chi connectivity index (χ3n) is 2.50. The van der Waals surface area contributed by atoms with Crippen LogP contribution in [0.1, 0.15) is 17.3 Å². The number of benzene rings is 1. The zero-order chi connectivity index (χ0) is 14.0. The largest absolute Gasteiger partial charge is 0.398 e. The zero-order valence-corrected chi connectivity index (χ0v) is 12.9. The van der Waals surface area contributed by atoms with Gasteiger partial charge in [-0.05, 0) is 52.9 Å². The summed E-state index contributed by atoms with van der Waals surface area (Å²) in [6, 6.07) is 5.21. The first-order valence-corrected chi connectivity index (χ1v) is 7.30. The Labute approximate surface area is 127 Å². The zero-order valence-electron chi connectivity index (χ0n) is 9.94. The molecule has 0 saturated heterocycles. The molecular weight excluding hydrogens is 379 g/mol. The number of nitroso groups, excluding NO2 is 1. The van der Waals surface area contributed by atoms with Crippen LogP contribution in [0.4, 0.5) is 5.69 Å². The smallest absolute Gasteiger partial charge is 0.255 e. The van der Waals surface area contributed by atoms with Gasteiger partial charge in [-0.1, -0.05) is 11.8 Å². The molecule has 4 N–H and O–H groups in total. The number of amides is 1. The molecule has 6 nitrogen and oxygen atoms in total. The lowest BCUT2D eigenvalue weighted by Crippen LogP contribution is -2.39. The lowest BCUT2D eigenvalue weighted by Gasteiger charge is -2.14. The first-order chi connectivity index (χ1) is 9.01. The van der Waals surface area contributed by atoms with Crippen LogP contribution in [0.3, 0.4) is 0 Å². The fraction of sp³-hybridized carbons (Fsp3) is 0.182. The van der Waals surface area contributed by atoms with Crippen LogP contribution in [0.15, 0.2) is 34.1 Å². The Balaban J connectivity index is 2.05. The predicted octanol–water partition coefficient (Wildman–Crippen LogP) is 2.18. The number of carbonyl (C=O) groups is 1. The fourth-order valence-corrected chi connectivity index (χ4v) is 3.00. The molecule has 0 bridgehead atoms. The van der Waals surface area contributed by atoms with E-state index in [2.05, 4.69) is 38.4 Å². The van der Waals surface area contributed by atoms with Crippen molar-refractivity contribution < 1.29 is 4.79 Å². The Morgan fingerprint density at radius 2 is 2.32 bits per heavy atom. The molecule has 2 rings (SSSR count). The second-order valence-electron chi connectivity index (χ2n) is 3.87. The van der Waals surface area contributed by atoms with Gasteiger partial charge in [0.1, 0.15) is 0 Å². The Bertz CT molecular complexity index is 576. The molecule has 100 valence electrons. The van der Waals surface area contributed by atoms with E-state index >= 15 is 0 Å². The van der Waals surface area contributed by atoms with Gasteiger partial charge < -0.3 is 16.4 Å². The first-order valence-electron chi connectivity index (χ1n) is 5.34. The molecule has 0 radical (unpaired) electrons. The number of nitrogen functional groups attached to an aromatic ring is 1. The van der Waals surface area contributed by atoms with Crippen LogP contribution < -0.4 is 16.4 Å². The van der Waals surface area contributed by atoms with Gasteiger partial charge in [0.2, 0.25) is 0 Å². The first kappa shape index (κ1) is 14.1. The monoisotopic (exact) mass is 390 g/mol. The molecule has 0 aliphatic carbocycles.